The molecule has 3 atom stereocenters. The summed E-state index contributed by atoms with van der Waals surface area (Å²) in [5.74, 6) is -2.00. The second-order valence-electron chi connectivity index (χ2n) is 8.34. The Hall–Kier alpha value is -2.63. The standard InChI is InChI=1S/C25H20Cl2F2N2O/c26-14-9-7-13(8-10-14)23-16-4-1-3-15(16)17-5-2-6-22(24(17)31-23)30-25(32)18-11-20(28)21(29)12-19(18)27/h2,5-12,15-16,23,31H,1,3-4H2,(H,30,32)/t15-,16+,23+/m1/s1. The highest BCUT2D eigenvalue weighted by Gasteiger charge is 2.41. The predicted molar refractivity (Wildman–Crippen MR) is 124 cm³/mol. The molecule has 7 heteroatoms. The highest BCUT2D eigenvalue weighted by Crippen LogP contribution is 2.54. The van der Waals surface area contributed by atoms with Gasteiger partial charge in [0.15, 0.2) is 11.6 Å². The molecule has 0 bridgehead atoms. The van der Waals surface area contributed by atoms with Gasteiger partial charge < -0.3 is 10.6 Å². The molecule has 1 aliphatic heterocycles. The Morgan fingerprint density at radius 1 is 1.00 bits per heavy atom. The summed E-state index contributed by atoms with van der Waals surface area (Å²) in [5, 5.41) is 7.02. The Labute approximate surface area is 194 Å². The molecule has 1 aliphatic carbocycles. The van der Waals surface area contributed by atoms with Crippen molar-refractivity contribution in [2.75, 3.05) is 10.6 Å². The zero-order valence-electron chi connectivity index (χ0n) is 17.0. The molecule has 2 aliphatic rings. The zero-order chi connectivity index (χ0) is 22.4. The van der Waals surface area contributed by atoms with E-state index in [2.05, 4.69) is 16.7 Å². The number of benzene rings is 3. The molecule has 32 heavy (non-hydrogen) atoms. The SMILES string of the molecule is O=C(Nc1cccc2c1N[C@@H](c1ccc(Cl)cc1)[C@H]1CCC[C@@H]21)c1cc(F)c(F)cc1Cl. The van der Waals surface area contributed by atoms with Crippen molar-refractivity contribution in [2.24, 2.45) is 5.92 Å². The van der Waals surface area contributed by atoms with Gasteiger partial charge in [0.1, 0.15) is 0 Å². The maximum atomic E-state index is 13.7. The van der Waals surface area contributed by atoms with Gasteiger partial charge in [0.25, 0.3) is 5.91 Å². The van der Waals surface area contributed by atoms with E-state index in [-0.39, 0.29) is 16.6 Å². The van der Waals surface area contributed by atoms with Crippen molar-refractivity contribution in [2.45, 2.75) is 31.2 Å². The lowest BCUT2D eigenvalue weighted by Crippen LogP contribution is -2.29. The van der Waals surface area contributed by atoms with Gasteiger partial charge in [0, 0.05) is 5.02 Å². The molecule has 0 spiro atoms. The number of halogens is 4. The first kappa shape index (κ1) is 21.2. The van der Waals surface area contributed by atoms with Gasteiger partial charge in [0.05, 0.1) is 28.0 Å². The fourth-order valence-corrected chi connectivity index (χ4v) is 5.43. The Morgan fingerprint density at radius 3 is 2.53 bits per heavy atom. The monoisotopic (exact) mass is 472 g/mol. The Balaban J connectivity index is 1.51. The quantitative estimate of drug-likeness (QED) is 0.385. The third-order valence-electron chi connectivity index (χ3n) is 6.53. The van der Waals surface area contributed by atoms with E-state index in [0.29, 0.717) is 22.5 Å². The highest BCUT2D eigenvalue weighted by atomic mass is 35.5. The Bertz CT molecular complexity index is 1200. The van der Waals surface area contributed by atoms with E-state index in [1.54, 1.807) is 6.07 Å². The van der Waals surface area contributed by atoms with E-state index >= 15 is 0 Å². The Morgan fingerprint density at radius 2 is 1.75 bits per heavy atom. The molecule has 0 saturated heterocycles. The first-order valence-electron chi connectivity index (χ1n) is 10.5. The molecule has 3 aromatic rings. The summed E-state index contributed by atoms with van der Waals surface area (Å²) in [4.78, 5) is 12.9. The first-order chi connectivity index (χ1) is 15.4. The van der Waals surface area contributed by atoms with Gasteiger partial charge in [-0.3, -0.25) is 4.79 Å². The molecule has 1 heterocycles. The van der Waals surface area contributed by atoms with Gasteiger partial charge in [-0.2, -0.15) is 0 Å². The summed E-state index contributed by atoms with van der Waals surface area (Å²) in [6.07, 6.45) is 3.34. The van der Waals surface area contributed by atoms with E-state index in [1.165, 1.54) is 0 Å². The van der Waals surface area contributed by atoms with Crippen LogP contribution in [0.3, 0.4) is 0 Å². The number of rotatable bonds is 3. The van der Waals surface area contributed by atoms with Crippen LogP contribution < -0.4 is 10.6 Å². The number of hydrogen-bond acceptors (Lipinski definition) is 2. The molecular formula is C25H20Cl2F2N2O. The lowest BCUT2D eigenvalue weighted by atomic mass is 9.77. The molecular weight excluding hydrogens is 453 g/mol. The second-order valence-corrected chi connectivity index (χ2v) is 9.19. The number of anilines is 2. The number of carbonyl (C=O) groups excluding carboxylic acids is 1. The summed E-state index contributed by atoms with van der Waals surface area (Å²) in [7, 11) is 0. The van der Waals surface area contributed by atoms with E-state index in [1.807, 2.05) is 30.3 Å². The highest BCUT2D eigenvalue weighted by molar-refractivity contribution is 6.34. The van der Waals surface area contributed by atoms with Crippen LogP contribution in [-0.4, -0.2) is 5.91 Å². The van der Waals surface area contributed by atoms with Crippen LogP contribution in [0.15, 0.2) is 54.6 Å². The van der Waals surface area contributed by atoms with Crippen molar-refractivity contribution in [3.05, 3.63) is 93.0 Å². The average Bonchev–Trinajstić information content (AvgIpc) is 3.27. The summed E-state index contributed by atoms with van der Waals surface area (Å²) < 4.78 is 27.1. The molecule has 1 fully saturated rings. The van der Waals surface area contributed by atoms with Crippen LogP contribution in [0.2, 0.25) is 10.0 Å². The smallest absolute Gasteiger partial charge is 0.257 e. The van der Waals surface area contributed by atoms with E-state index < -0.39 is 17.5 Å². The van der Waals surface area contributed by atoms with Crippen LogP contribution in [0, 0.1) is 17.6 Å². The van der Waals surface area contributed by atoms with Crippen LogP contribution in [0.1, 0.15) is 52.7 Å². The fourth-order valence-electron chi connectivity index (χ4n) is 5.07. The molecule has 3 aromatic carbocycles. The lowest BCUT2D eigenvalue weighted by Gasteiger charge is -2.38. The molecule has 1 amide bonds. The van der Waals surface area contributed by atoms with Crippen molar-refractivity contribution < 1.29 is 13.6 Å². The van der Waals surface area contributed by atoms with E-state index in [0.717, 1.165) is 48.2 Å². The van der Waals surface area contributed by atoms with Crippen LogP contribution in [-0.2, 0) is 0 Å². The molecule has 5 rings (SSSR count). The topological polar surface area (TPSA) is 41.1 Å². The number of para-hydroxylation sites is 1. The molecule has 0 aromatic heterocycles. The summed E-state index contributed by atoms with van der Waals surface area (Å²) >= 11 is 12.1. The van der Waals surface area contributed by atoms with Crippen molar-refractivity contribution in [3.63, 3.8) is 0 Å². The second kappa shape index (κ2) is 8.38. The van der Waals surface area contributed by atoms with Crippen LogP contribution in [0.25, 0.3) is 0 Å². The zero-order valence-corrected chi connectivity index (χ0v) is 18.5. The molecule has 0 unspecified atom stereocenters. The minimum atomic E-state index is -1.12. The lowest BCUT2D eigenvalue weighted by molar-refractivity contribution is 0.102. The van der Waals surface area contributed by atoms with Crippen molar-refractivity contribution in [3.8, 4) is 0 Å². The van der Waals surface area contributed by atoms with Crippen LogP contribution in [0.4, 0.5) is 20.2 Å². The summed E-state index contributed by atoms with van der Waals surface area (Å²) in [6.45, 7) is 0. The molecule has 0 radical (unpaired) electrons. The van der Waals surface area contributed by atoms with Gasteiger partial charge in [-0.1, -0.05) is 53.9 Å². The van der Waals surface area contributed by atoms with Gasteiger partial charge in [-0.05, 0) is 66.1 Å². The number of amides is 1. The van der Waals surface area contributed by atoms with E-state index in [9.17, 15) is 13.6 Å². The van der Waals surface area contributed by atoms with Crippen molar-refractivity contribution in [1.29, 1.82) is 0 Å². The van der Waals surface area contributed by atoms with Gasteiger partial charge in [-0.25, -0.2) is 8.78 Å². The van der Waals surface area contributed by atoms with Gasteiger partial charge in [-0.15, -0.1) is 0 Å². The Kier molecular flexibility index (Phi) is 5.56. The summed E-state index contributed by atoms with van der Waals surface area (Å²) in [5.41, 5.74) is 3.61. The largest absolute Gasteiger partial charge is 0.376 e. The van der Waals surface area contributed by atoms with Crippen molar-refractivity contribution in [1.82, 2.24) is 0 Å². The van der Waals surface area contributed by atoms with Crippen molar-refractivity contribution >= 4 is 40.5 Å². The normalized spacial score (nSPS) is 21.4. The number of fused-ring (bicyclic) bond motifs is 3. The molecule has 2 N–H and O–H groups in total. The number of carbonyl (C=O) groups is 1. The summed E-state index contributed by atoms with van der Waals surface area (Å²) in [6, 6.07) is 15.3. The fraction of sp³-hybridized carbons (Fsp3) is 0.240. The third-order valence-corrected chi connectivity index (χ3v) is 7.09. The van der Waals surface area contributed by atoms with Gasteiger partial charge in [0.2, 0.25) is 0 Å². The molecule has 3 nitrogen and oxygen atoms in total. The first-order valence-corrected chi connectivity index (χ1v) is 11.3. The minimum Gasteiger partial charge on any atom is -0.376 e. The van der Waals surface area contributed by atoms with Crippen LogP contribution in [0.5, 0.6) is 0 Å². The maximum absolute atomic E-state index is 13.7. The number of nitrogens with one attached hydrogen (secondary N) is 2. The van der Waals surface area contributed by atoms with Crippen LogP contribution >= 0.6 is 23.2 Å². The van der Waals surface area contributed by atoms with E-state index in [4.69, 9.17) is 23.2 Å². The molecule has 1 saturated carbocycles. The van der Waals surface area contributed by atoms with Gasteiger partial charge >= 0.3 is 0 Å². The number of hydrogen-bond donors (Lipinski definition) is 2. The maximum Gasteiger partial charge on any atom is 0.257 e. The molecule has 164 valence electrons. The average molecular weight is 473 g/mol. The minimum absolute atomic E-state index is 0.0807. The predicted octanol–water partition coefficient (Wildman–Crippen LogP) is 7.57. The third kappa shape index (κ3) is 3.74.